The van der Waals surface area contributed by atoms with E-state index in [4.69, 9.17) is 4.74 Å². The third-order valence-corrected chi connectivity index (χ3v) is 5.80. The summed E-state index contributed by atoms with van der Waals surface area (Å²) >= 11 is 0. The summed E-state index contributed by atoms with van der Waals surface area (Å²) in [5.41, 5.74) is -1.46. The van der Waals surface area contributed by atoms with Gasteiger partial charge in [-0.2, -0.15) is 13.2 Å². The van der Waals surface area contributed by atoms with Gasteiger partial charge in [0.25, 0.3) is 11.5 Å². The molecule has 0 radical (unpaired) electrons. The molecule has 3 aromatic rings. The first-order valence-electron chi connectivity index (χ1n) is 11.2. The zero-order valence-electron chi connectivity index (χ0n) is 19.8. The number of carbonyl (C=O) groups excluding carboxylic acids is 2. The van der Waals surface area contributed by atoms with E-state index in [9.17, 15) is 32.7 Å². The summed E-state index contributed by atoms with van der Waals surface area (Å²) in [5.74, 6) is -2.56. The number of alkyl halides is 3. The van der Waals surface area contributed by atoms with Gasteiger partial charge in [0.05, 0.1) is 5.52 Å². The van der Waals surface area contributed by atoms with E-state index in [2.05, 4.69) is 10.3 Å². The van der Waals surface area contributed by atoms with Gasteiger partial charge in [-0.25, -0.2) is 0 Å². The van der Waals surface area contributed by atoms with Gasteiger partial charge in [0.1, 0.15) is 29.2 Å². The van der Waals surface area contributed by atoms with Crippen molar-refractivity contribution in [3.8, 4) is 5.75 Å². The van der Waals surface area contributed by atoms with E-state index in [1.807, 2.05) is 0 Å². The lowest BCUT2D eigenvalue weighted by molar-refractivity contribution is -0.153. The molecule has 1 atom stereocenters. The number of benzene rings is 1. The lowest BCUT2D eigenvalue weighted by Gasteiger charge is -2.28. The zero-order chi connectivity index (χ0) is 26.4. The SMILES string of the molecule is CC(C)(C)OC(=O)CNC(=O)c1c(O)c2cccc3c2n(c1=O)CC(c1ccc(C(F)(F)F)nc1)C3. The zero-order valence-corrected chi connectivity index (χ0v) is 19.8. The standard InChI is InChI=1S/C25H24F3N3O5/c1-24(2,3)36-18(32)11-30-22(34)19-21(33)16-6-4-5-13-9-15(12-31(20(13)16)23(19)35)14-7-8-17(29-10-14)25(26,27)28/h4-8,10,15,33H,9,11-12H2,1-3H3,(H,30,34). The molecule has 1 aliphatic heterocycles. The number of para-hydroxylation sites is 1. The minimum absolute atomic E-state index is 0.0615. The van der Waals surface area contributed by atoms with Crippen LogP contribution in [-0.2, 0) is 28.7 Å². The Kier molecular flexibility index (Phi) is 6.27. The Balaban J connectivity index is 1.69. The van der Waals surface area contributed by atoms with E-state index in [0.29, 0.717) is 23.1 Å². The number of aromatic nitrogens is 2. The number of rotatable bonds is 4. The normalized spacial score (nSPS) is 15.6. The number of hydrogen-bond donors (Lipinski definition) is 2. The lowest BCUT2D eigenvalue weighted by atomic mass is 9.88. The van der Waals surface area contributed by atoms with Crippen LogP contribution in [0.1, 0.15) is 53.9 Å². The molecule has 8 nitrogen and oxygen atoms in total. The van der Waals surface area contributed by atoms with Gasteiger partial charge >= 0.3 is 12.1 Å². The van der Waals surface area contributed by atoms with E-state index in [0.717, 1.165) is 12.3 Å². The fraction of sp³-hybridized carbons (Fsp3) is 0.360. The third kappa shape index (κ3) is 4.91. The fourth-order valence-corrected chi connectivity index (χ4v) is 4.32. The molecule has 2 aromatic heterocycles. The highest BCUT2D eigenvalue weighted by Crippen LogP contribution is 2.36. The molecular formula is C25H24F3N3O5. The second-order valence-electron chi connectivity index (χ2n) is 9.60. The summed E-state index contributed by atoms with van der Waals surface area (Å²) in [6.45, 7) is 4.55. The van der Waals surface area contributed by atoms with E-state index >= 15 is 0 Å². The highest BCUT2D eigenvalue weighted by Gasteiger charge is 2.33. The molecule has 0 bridgehead atoms. The third-order valence-electron chi connectivity index (χ3n) is 5.80. The summed E-state index contributed by atoms with van der Waals surface area (Å²) in [6.07, 6.45) is -3.04. The fourth-order valence-electron chi connectivity index (χ4n) is 4.32. The second kappa shape index (κ2) is 8.96. The highest BCUT2D eigenvalue weighted by atomic mass is 19.4. The van der Waals surface area contributed by atoms with Crippen molar-refractivity contribution in [2.24, 2.45) is 0 Å². The van der Waals surface area contributed by atoms with E-state index in [-0.39, 0.29) is 11.9 Å². The number of ether oxygens (including phenoxy) is 1. The van der Waals surface area contributed by atoms with Crippen LogP contribution in [0.15, 0.2) is 41.3 Å². The van der Waals surface area contributed by atoms with Gasteiger partial charge in [-0.1, -0.05) is 18.2 Å². The molecule has 2 N–H and O–H groups in total. The highest BCUT2D eigenvalue weighted by molar-refractivity contribution is 6.03. The number of pyridine rings is 2. The van der Waals surface area contributed by atoms with E-state index < -0.39 is 58.7 Å². The average Bonchev–Trinajstić information content (AvgIpc) is 2.79. The van der Waals surface area contributed by atoms with Gasteiger partial charge in [-0.15, -0.1) is 0 Å². The molecule has 4 rings (SSSR count). The maximum atomic E-state index is 13.4. The first-order chi connectivity index (χ1) is 16.8. The molecule has 0 aliphatic carbocycles. The maximum Gasteiger partial charge on any atom is 0.433 e. The van der Waals surface area contributed by atoms with Crippen molar-refractivity contribution < 1.29 is 32.6 Å². The summed E-state index contributed by atoms with van der Waals surface area (Å²) in [7, 11) is 0. The molecule has 190 valence electrons. The van der Waals surface area contributed by atoms with Crippen molar-refractivity contribution in [1.82, 2.24) is 14.9 Å². The summed E-state index contributed by atoms with van der Waals surface area (Å²) in [4.78, 5) is 41.7. The van der Waals surface area contributed by atoms with Crippen LogP contribution in [0.25, 0.3) is 10.9 Å². The number of halogens is 3. The molecule has 1 unspecified atom stereocenters. The minimum Gasteiger partial charge on any atom is -0.506 e. The molecule has 1 amide bonds. The molecule has 1 aliphatic rings. The van der Waals surface area contributed by atoms with Crippen LogP contribution in [-0.4, -0.2) is 38.7 Å². The predicted molar refractivity (Wildman–Crippen MR) is 124 cm³/mol. The predicted octanol–water partition coefficient (Wildman–Crippen LogP) is 3.53. The molecule has 11 heteroatoms. The summed E-state index contributed by atoms with van der Waals surface area (Å²) in [6, 6.07) is 7.19. The molecule has 0 saturated heterocycles. The first kappa shape index (κ1) is 25.2. The van der Waals surface area contributed by atoms with Crippen LogP contribution in [0.4, 0.5) is 13.2 Å². The van der Waals surface area contributed by atoms with Crippen molar-refractivity contribution >= 4 is 22.8 Å². The Labute approximate surface area is 203 Å². The van der Waals surface area contributed by atoms with Crippen molar-refractivity contribution in [3.05, 3.63) is 69.3 Å². The van der Waals surface area contributed by atoms with Crippen molar-refractivity contribution in [2.75, 3.05) is 6.54 Å². The molecule has 36 heavy (non-hydrogen) atoms. The first-order valence-corrected chi connectivity index (χ1v) is 11.2. The number of nitrogens with one attached hydrogen (secondary N) is 1. The van der Waals surface area contributed by atoms with Crippen LogP contribution < -0.4 is 10.9 Å². The van der Waals surface area contributed by atoms with Gasteiger partial charge in [0, 0.05) is 24.0 Å². The van der Waals surface area contributed by atoms with E-state index in [1.54, 1.807) is 39.0 Å². The Bertz CT molecular complexity index is 1410. The monoisotopic (exact) mass is 503 g/mol. The van der Waals surface area contributed by atoms with Crippen LogP contribution in [0.5, 0.6) is 5.75 Å². The largest absolute Gasteiger partial charge is 0.506 e. The maximum absolute atomic E-state index is 13.4. The summed E-state index contributed by atoms with van der Waals surface area (Å²) in [5, 5.41) is 13.4. The second-order valence-corrected chi connectivity index (χ2v) is 9.60. The van der Waals surface area contributed by atoms with Crippen molar-refractivity contribution in [2.45, 2.75) is 51.4 Å². The molecular weight excluding hydrogens is 479 g/mol. The minimum atomic E-state index is -4.57. The van der Waals surface area contributed by atoms with Gasteiger partial charge in [0.2, 0.25) is 0 Å². The number of esters is 1. The molecule has 1 aromatic carbocycles. The Morgan fingerprint density at radius 3 is 2.53 bits per heavy atom. The van der Waals surface area contributed by atoms with Gasteiger partial charge in [0.15, 0.2) is 0 Å². The Hall–Kier alpha value is -3.89. The number of aromatic hydroxyl groups is 1. The van der Waals surface area contributed by atoms with Crippen LogP contribution >= 0.6 is 0 Å². The summed E-state index contributed by atoms with van der Waals surface area (Å²) < 4.78 is 45.2. The van der Waals surface area contributed by atoms with Gasteiger partial charge < -0.3 is 19.7 Å². The number of carbonyl (C=O) groups is 2. The number of hydrogen-bond acceptors (Lipinski definition) is 6. The van der Waals surface area contributed by atoms with Crippen molar-refractivity contribution in [1.29, 1.82) is 0 Å². The quantitative estimate of drug-likeness (QED) is 0.527. The molecule has 0 saturated carbocycles. The lowest BCUT2D eigenvalue weighted by Crippen LogP contribution is -2.39. The number of nitrogens with zero attached hydrogens (tertiary/aromatic N) is 2. The topological polar surface area (TPSA) is 111 Å². The Morgan fingerprint density at radius 2 is 1.92 bits per heavy atom. The average molecular weight is 503 g/mol. The Morgan fingerprint density at radius 1 is 1.19 bits per heavy atom. The van der Waals surface area contributed by atoms with Crippen LogP contribution in [0, 0.1) is 0 Å². The molecule has 3 heterocycles. The smallest absolute Gasteiger partial charge is 0.433 e. The molecule has 0 spiro atoms. The van der Waals surface area contributed by atoms with Crippen molar-refractivity contribution in [3.63, 3.8) is 0 Å². The van der Waals surface area contributed by atoms with Crippen LogP contribution in [0.2, 0.25) is 0 Å². The van der Waals surface area contributed by atoms with Gasteiger partial charge in [-0.3, -0.25) is 19.4 Å². The molecule has 0 fully saturated rings. The van der Waals surface area contributed by atoms with Crippen LogP contribution in [0.3, 0.4) is 0 Å². The van der Waals surface area contributed by atoms with Gasteiger partial charge in [-0.05, 0) is 50.5 Å². The number of amides is 1. The van der Waals surface area contributed by atoms with E-state index in [1.165, 1.54) is 10.6 Å².